The Morgan fingerprint density at radius 3 is 2.37 bits per heavy atom. The van der Waals surface area contributed by atoms with Crippen LogP contribution in [0.4, 0.5) is 8.78 Å². The van der Waals surface area contributed by atoms with Crippen molar-refractivity contribution in [3.8, 4) is 11.7 Å². The molecule has 6 nitrogen and oxygen atoms in total. The van der Waals surface area contributed by atoms with Crippen molar-refractivity contribution in [2.75, 3.05) is 0 Å². The van der Waals surface area contributed by atoms with E-state index in [2.05, 4.69) is 4.98 Å². The van der Waals surface area contributed by atoms with E-state index in [1.807, 2.05) is 18.2 Å². The molecule has 0 spiro atoms. The van der Waals surface area contributed by atoms with Gasteiger partial charge in [0.05, 0.1) is 12.4 Å². The van der Waals surface area contributed by atoms with Gasteiger partial charge in [0.2, 0.25) is 5.78 Å². The van der Waals surface area contributed by atoms with Crippen molar-refractivity contribution >= 4 is 5.78 Å². The molecule has 1 aromatic carbocycles. The SMILES string of the molecule is O=C(c1c(-[n+]2ccccc2)nc(=O)n(CCc2ccccc2)c1[O-])C(F)F. The van der Waals surface area contributed by atoms with Crippen molar-refractivity contribution in [1.29, 1.82) is 0 Å². The fourth-order valence-corrected chi connectivity index (χ4v) is 2.66. The number of benzene rings is 1. The van der Waals surface area contributed by atoms with Crippen LogP contribution in [0.1, 0.15) is 15.9 Å². The van der Waals surface area contributed by atoms with Gasteiger partial charge in [-0.05, 0) is 30.0 Å². The van der Waals surface area contributed by atoms with Crippen LogP contribution in [-0.4, -0.2) is 21.8 Å². The Morgan fingerprint density at radius 2 is 1.74 bits per heavy atom. The molecule has 3 rings (SSSR count). The van der Waals surface area contributed by atoms with Gasteiger partial charge < -0.3 is 5.11 Å². The molecule has 0 unspecified atom stereocenters. The van der Waals surface area contributed by atoms with Gasteiger partial charge in [-0.2, -0.15) is 0 Å². The minimum Gasteiger partial charge on any atom is -0.859 e. The summed E-state index contributed by atoms with van der Waals surface area (Å²) in [6.07, 6.45) is -0.240. The van der Waals surface area contributed by atoms with Crippen molar-refractivity contribution in [1.82, 2.24) is 9.55 Å². The topological polar surface area (TPSA) is 78.9 Å². The van der Waals surface area contributed by atoms with Crippen LogP contribution in [0.2, 0.25) is 0 Å². The van der Waals surface area contributed by atoms with Crippen LogP contribution in [0.5, 0.6) is 5.88 Å². The maximum Gasteiger partial charge on any atom is 0.456 e. The van der Waals surface area contributed by atoms with Gasteiger partial charge in [0.1, 0.15) is 5.56 Å². The highest BCUT2D eigenvalue weighted by Crippen LogP contribution is 2.19. The highest BCUT2D eigenvalue weighted by molar-refractivity contribution is 6.02. The minimum atomic E-state index is -3.39. The van der Waals surface area contributed by atoms with Crippen molar-refractivity contribution in [2.24, 2.45) is 0 Å². The number of ketones is 1. The van der Waals surface area contributed by atoms with Crippen LogP contribution < -0.4 is 15.4 Å². The third-order valence-corrected chi connectivity index (χ3v) is 3.99. The lowest BCUT2D eigenvalue weighted by atomic mass is 10.1. The number of aryl methyl sites for hydroxylation is 1. The number of aromatic nitrogens is 3. The molecule has 138 valence electrons. The molecule has 0 amide bonds. The Labute approximate surface area is 153 Å². The second kappa shape index (κ2) is 7.86. The summed E-state index contributed by atoms with van der Waals surface area (Å²) in [6, 6.07) is 13.8. The van der Waals surface area contributed by atoms with Gasteiger partial charge in [-0.15, -0.1) is 0 Å². The summed E-state index contributed by atoms with van der Waals surface area (Å²) in [4.78, 5) is 28.1. The second-order valence-corrected chi connectivity index (χ2v) is 5.73. The average Bonchev–Trinajstić information content (AvgIpc) is 2.68. The summed E-state index contributed by atoms with van der Waals surface area (Å²) in [5.74, 6) is -3.12. The number of Topliss-reactive ketones (excluding diaryl/α,β-unsaturated/α-hetero) is 1. The molecule has 0 fully saturated rings. The quantitative estimate of drug-likeness (QED) is 0.483. The predicted octanol–water partition coefficient (Wildman–Crippen LogP) is 1.28. The number of hydrogen-bond donors (Lipinski definition) is 0. The van der Waals surface area contributed by atoms with Crippen molar-refractivity contribution in [3.63, 3.8) is 0 Å². The summed E-state index contributed by atoms with van der Waals surface area (Å²) >= 11 is 0. The number of alkyl halides is 2. The number of halogens is 2. The molecule has 0 radical (unpaired) electrons. The lowest BCUT2D eigenvalue weighted by Crippen LogP contribution is -2.40. The molecule has 3 aromatic rings. The summed E-state index contributed by atoms with van der Waals surface area (Å²) in [7, 11) is 0. The van der Waals surface area contributed by atoms with Crippen molar-refractivity contribution in [2.45, 2.75) is 19.4 Å². The molecule has 0 atom stereocenters. The van der Waals surface area contributed by atoms with Crippen LogP contribution in [0, 0.1) is 0 Å². The summed E-state index contributed by atoms with van der Waals surface area (Å²) in [6.45, 7) is -0.0715. The number of hydrogen-bond acceptors (Lipinski definition) is 4. The second-order valence-electron chi connectivity index (χ2n) is 5.73. The fraction of sp³-hybridized carbons (Fsp3) is 0.158. The normalized spacial score (nSPS) is 10.9. The first-order valence-corrected chi connectivity index (χ1v) is 8.14. The zero-order valence-corrected chi connectivity index (χ0v) is 14.1. The maximum atomic E-state index is 13.1. The Bertz CT molecular complexity index is 1010. The van der Waals surface area contributed by atoms with Gasteiger partial charge in [0.25, 0.3) is 0 Å². The highest BCUT2D eigenvalue weighted by Gasteiger charge is 2.31. The van der Waals surface area contributed by atoms with Crippen LogP contribution in [0.25, 0.3) is 5.82 Å². The Balaban J connectivity index is 2.09. The smallest absolute Gasteiger partial charge is 0.456 e. The average molecular weight is 371 g/mol. The van der Waals surface area contributed by atoms with Gasteiger partial charge in [-0.1, -0.05) is 36.4 Å². The van der Waals surface area contributed by atoms with E-state index in [1.165, 1.54) is 17.0 Å². The molecule has 0 N–H and O–H groups in total. The maximum absolute atomic E-state index is 13.1. The molecule has 0 saturated heterocycles. The van der Waals surface area contributed by atoms with E-state index in [-0.39, 0.29) is 6.54 Å². The first-order chi connectivity index (χ1) is 13.0. The molecular formula is C19H15F2N3O3. The van der Waals surface area contributed by atoms with E-state index in [0.717, 1.165) is 10.1 Å². The number of rotatable bonds is 6. The van der Waals surface area contributed by atoms with E-state index < -0.39 is 35.2 Å². The number of nitrogens with zero attached hydrogens (tertiary/aromatic N) is 3. The molecule has 2 aromatic heterocycles. The van der Waals surface area contributed by atoms with Gasteiger partial charge in [-0.3, -0.25) is 9.36 Å². The fourth-order valence-electron chi connectivity index (χ4n) is 2.66. The van der Waals surface area contributed by atoms with E-state index in [1.54, 1.807) is 30.3 Å². The molecule has 0 saturated carbocycles. The van der Waals surface area contributed by atoms with Crippen LogP contribution >= 0.6 is 0 Å². The molecule has 0 aliphatic rings. The van der Waals surface area contributed by atoms with Gasteiger partial charge in [0, 0.05) is 11.5 Å². The van der Waals surface area contributed by atoms with Crippen molar-refractivity contribution < 1.29 is 23.2 Å². The molecule has 0 aliphatic carbocycles. The van der Waals surface area contributed by atoms with Gasteiger partial charge in [0.15, 0.2) is 0 Å². The third kappa shape index (κ3) is 3.89. The monoisotopic (exact) mass is 371 g/mol. The van der Waals surface area contributed by atoms with Crippen LogP contribution in [-0.2, 0) is 13.0 Å². The summed E-state index contributed by atoms with van der Waals surface area (Å²) < 4.78 is 28.0. The number of pyridine rings is 1. The van der Waals surface area contributed by atoms with E-state index >= 15 is 0 Å². The largest absolute Gasteiger partial charge is 0.859 e. The Hall–Kier alpha value is -3.42. The zero-order valence-electron chi connectivity index (χ0n) is 14.1. The van der Waals surface area contributed by atoms with E-state index in [0.29, 0.717) is 6.42 Å². The van der Waals surface area contributed by atoms with E-state index in [9.17, 15) is 23.5 Å². The molecule has 2 heterocycles. The number of carbonyl (C=O) groups excluding carboxylic acids is 1. The van der Waals surface area contributed by atoms with Gasteiger partial charge >= 0.3 is 17.9 Å². The predicted molar refractivity (Wildman–Crippen MR) is 90.0 cm³/mol. The lowest BCUT2D eigenvalue weighted by molar-refractivity contribution is -0.600. The molecule has 0 bridgehead atoms. The summed E-state index contributed by atoms with van der Waals surface area (Å²) in [5, 5.41) is 12.7. The molecule has 8 heteroatoms. The molecular weight excluding hydrogens is 356 g/mol. The standard InChI is InChI=1S/C19H15F2N3O3/c20-16(21)15(25)14-17(23-10-5-2-6-11-23)22-19(27)24(18(14)26)12-9-13-7-3-1-4-8-13/h1-8,10-11,16H,9,12H2. The van der Waals surface area contributed by atoms with Crippen molar-refractivity contribution in [3.05, 3.63) is 82.5 Å². The molecule has 0 aliphatic heterocycles. The lowest BCUT2D eigenvalue weighted by Gasteiger charge is -2.18. The van der Waals surface area contributed by atoms with Crippen LogP contribution in [0.15, 0.2) is 65.7 Å². The highest BCUT2D eigenvalue weighted by atomic mass is 19.3. The first-order valence-electron chi connectivity index (χ1n) is 8.14. The molecule has 27 heavy (non-hydrogen) atoms. The Kier molecular flexibility index (Phi) is 5.35. The summed E-state index contributed by atoms with van der Waals surface area (Å²) in [5.41, 5.74) is -0.839. The zero-order chi connectivity index (χ0) is 19.4. The first kappa shape index (κ1) is 18.4. The van der Waals surface area contributed by atoms with Gasteiger partial charge in [-0.25, -0.2) is 18.1 Å². The van der Waals surface area contributed by atoms with Crippen LogP contribution in [0.3, 0.4) is 0 Å². The number of carbonyl (C=O) groups is 1. The Morgan fingerprint density at radius 1 is 1.11 bits per heavy atom. The van der Waals surface area contributed by atoms with E-state index in [4.69, 9.17) is 0 Å². The third-order valence-electron chi connectivity index (χ3n) is 3.99. The minimum absolute atomic E-state index is 0.0715.